The number of nitrogens with zero attached hydrogens (tertiary/aromatic N) is 2. The van der Waals surface area contributed by atoms with Crippen molar-refractivity contribution in [1.82, 2.24) is 4.90 Å². The number of rotatable bonds is 10. The summed E-state index contributed by atoms with van der Waals surface area (Å²) in [7, 11) is 6.99. The smallest absolute Gasteiger partial charge is 0.254 e. The molecule has 2 amide bonds. The van der Waals surface area contributed by atoms with Crippen molar-refractivity contribution in [2.45, 2.75) is 19.5 Å². The zero-order valence-corrected chi connectivity index (χ0v) is 20.9. The van der Waals surface area contributed by atoms with E-state index in [-0.39, 0.29) is 24.5 Å². The number of nitrogens with one attached hydrogen (secondary N) is 1. The van der Waals surface area contributed by atoms with Gasteiger partial charge in [-0.25, -0.2) is 0 Å². The summed E-state index contributed by atoms with van der Waals surface area (Å²) in [6, 6.07) is 22.6. The van der Waals surface area contributed by atoms with Crippen molar-refractivity contribution in [3.8, 4) is 5.75 Å². The Labute approximate surface area is 207 Å². The van der Waals surface area contributed by atoms with Gasteiger partial charge in [-0.2, -0.15) is 0 Å². The Morgan fingerprint density at radius 1 is 0.943 bits per heavy atom. The van der Waals surface area contributed by atoms with Gasteiger partial charge in [0.2, 0.25) is 5.91 Å². The molecule has 7 heteroatoms. The van der Waals surface area contributed by atoms with Gasteiger partial charge in [-0.1, -0.05) is 30.3 Å². The molecular formula is C28H33N3O4. The first-order chi connectivity index (χ1) is 16.8. The molecule has 3 aromatic rings. The first-order valence-corrected chi connectivity index (χ1v) is 11.4. The quantitative estimate of drug-likeness (QED) is 0.458. The third-order valence-corrected chi connectivity index (χ3v) is 5.81. The van der Waals surface area contributed by atoms with Crippen molar-refractivity contribution in [1.29, 1.82) is 0 Å². The second kappa shape index (κ2) is 12.0. The summed E-state index contributed by atoms with van der Waals surface area (Å²) in [5, 5.41) is 2.86. The van der Waals surface area contributed by atoms with Crippen LogP contribution < -0.4 is 15.0 Å². The molecule has 0 radical (unpaired) electrons. The maximum Gasteiger partial charge on any atom is 0.254 e. The molecule has 184 valence electrons. The minimum atomic E-state index is -0.236. The molecule has 0 spiro atoms. The zero-order chi connectivity index (χ0) is 25.4. The Morgan fingerprint density at radius 2 is 1.63 bits per heavy atom. The normalized spacial score (nSPS) is 11.5. The maximum atomic E-state index is 13.8. The summed E-state index contributed by atoms with van der Waals surface area (Å²) in [5.41, 5.74) is 4.13. The standard InChI is InChI=1S/C28H33N3O4/c1-20(21-9-7-6-8-10-21)31(28(33)22-11-14-25(35-5)15-12-22)18-23-17-24(29-27(32)19-34-4)13-16-26(23)30(2)3/h6-17,20H,18-19H2,1-5H3,(H,29,32). The second-order valence-electron chi connectivity index (χ2n) is 8.47. The molecule has 35 heavy (non-hydrogen) atoms. The van der Waals surface area contributed by atoms with Gasteiger partial charge in [-0.3, -0.25) is 9.59 Å². The van der Waals surface area contributed by atoms with E-state index in [2.05, 4.69) is 5.32 Å². The van der Waals surface area contributed by atoms with Crippen molar-refractivity contribution in [2.24, 2.45) is 0 Å². The van der Waals surface area contributed by atoms with Crippen LogP contribution in [0.3, 0.4) is 0 Å². The van der Waals surface area contributed by atoms with Gasteiger partial charge >= 0.3 is 0 Å². The first kappa shape index (κ1) is 25.8. The Hall–Kier alpha value is -3.84. The summed E-state index contributed by atoms with van der Waals surface area (Å²) < 4.78 is 10.2. The number of anilines is 2. The van der Waals surface area contributed by atoms with Crippen LogP contribution in [0.2, 0.25) is 0 Å². The average Bonchev–Trinajstić information content (AvgIpc) is 2.87. The van der Waals surface area contributed by atoms with Crippen LogP contribution >= 0.6 is 0 Å². The van der Waals surface area contributed by atoms with Gasteiger partial charge in [0.1, 0.15) is 12.4 Å². The zero-order valence-electron chi connectivity index (χ0n) is 20.9. The van der Waals surface area contributed by atoms with Gasteiger partial charge in [0.15, 0.2) is 0 Å². The number of hydrogen-bond donors (Lipinski definition) is 1. The number of methoxy groups -OCH3 is 2. The largest absolute Gasteiger partial charge is 0.497 e. The van der Waals surface area contributed by atoms with Gasteiger partial charge in [-0.15, -0.1) is 0 Å². The Morgan fingerprint density at radius 3 is 2.23 bits per heavy atom. The summed E-state index contributed by atoms with van der Waals surface area (Å²) in [6.45, 7) is 2.34. The first-order valence-electron chi connectivity index (χ1n) is 11.4. The van der Waals surface area contributed by atoms with E-state index in [1.165, 1.54) is 7.11 Å². The third-order valence-electron chi connectivity index (χ3n) is 5.81. The number of carbonyl (C=O) groups excluding carboxylic acids is 2. The fourth-order valence-electron chi connectivity index (χ4n) is 3.93. The van der Waals surface area contributed by atoms with E-state index in [0.29, 0.717) is 23.5 Å². The molecule has 0 aromatic heterocycles. The second-order valence-corrected chi connectivity index (χ2v) is 8.47. The number of benzene rings is 3. The van der Waals surface area contributed by atoms with Gasteiger partial charge in [0.05, 0.1) is 13.2 Å². The lowest BCUT2D eigenvalue weighted by Crippen LogP contribution is -2.33. The molecule has 0 heterocycles. The predicted molar refractivity (Wildman–Crippen MR) is 139 cm³/mol. The van der Waals surface area contributed by atoms with Crippen LogP contribution in [0.15, 0.2) is 72.8 Å². The summed E-state index contributed by atoms with van der Waals surface area (Å²) in [5.74, 6) is 0.362. The molecule has 1 N–H and O–H groups in total. The molecular weight excluding hydrogens is 442 g/mol. The van der Waals surface area contributed by atoms with E-state index in [4.69, 9.17) is 9.47 Å². The molecule has 0 fully saturated rings. The highest BCUT2D eigenvalue weighted by Crippen LogP contribution is 2.30. The van der Waals surface area contributed by atoms with Crippen LogP contribution in [0.1, 0.15) is 34.5 Å². The molecule has 3 aromatic carbocycles. The molecule has 3 rings (SSSR count). The van der Waals surface area contributed by atoms with Crippen LogP contribution in [-0.2, 0) is 16.1 Å². The number of hydrogen-bond acceptors (Lipinski definition) is 5. The fourth-order valence-corrected chi connectivity index (χ4v) is 3.93. The summed E-state index contributed by atoms with van der Waals surface area (Å²) in [4.78, 5) is 29.7. The van der Waals surface area contributed by atoms with Crippen LogP contribution in [0.25, 0.3) is 0 Å². The average molecular weight is 476 g/mol. The van der Waals surface area contributed by atoms with Crippen molar-refractivity contribution < 1.29 is 19.1 Å². The lowest BCUT2D eigenvalue weighted by atomic mass is 10.0. The minimum absolute atomic E-state index is 0.0299. The number of amides is 2. The maximum absolute atomic E-state index is 13.8. The van der Waals surface area contributed by atoms with E-state index in [1.54, 1.807) is 31.4 Å². The molecule has 1 unspecified atom stereocenters. The van der Waals surface area contributed by atoms with Gasteiger partial charge in [-0.05, 0) is 60.5 Å². The highest BCUT2D eigenvalue weighted by atomic mass is 16.5. The van der Waals surface area contributed by atoms with Crippen LogP contribution in [0.5, 0.6) is 5.75 Å². The third kappa shape index (κ3) is 6.61. The van der Waals surface area contributed by atoms with E-state index in [9.17, 15) is 9.59 Å². The van der Waals surface area contributed by atoms with E-state index in [0.717, 1.165) is 16.8 Å². The molecule has 0 aliphatic rings. The lowest BCUT2D eigenvalue weighted by Gasteiger charge is -2.32. The monoisotopic (exact) mass is 475 g/mol. The van der Waals surface area contributed by atoms with E-state index in [1.807, 2.05) is 79.3 Å². The predicted octanol–water partition coefficient (Wildman–Crippen LogP) is 4.75. The lowest BCUT2D eigenvalue weighted by molar-refractivity contribution is -0.119. The SMILES string of the molecule is COCC(=O)Nc1ccc(N(C)C)c(CN(C(=O)c2ccc(OC)cc2)C(C)c2ccccc2)c1. The van der Waals surface area contributed by atoms with E-state index < -0.39 is 0 Å². The molecule has 0 bridgehead atoms. The van der Waals surface area contributed by atoms with Crippen molar-refractivity contribution in [2.75, 3.05) is 45.1 Å². The Kier molecular flexibility index (Phi) is 8.86. The van der Waals surface area contributed by atoms with Crippen LogP contribution in [-0.4, -0.2) is 51.6 Å². The topological polar surface area (TPSA) is 71.1 Å². The highest BCUT2D eigenvalue weighted by molar-refractivity contribution is 5.95. The Bertz CT molecular complexity index is 1130. The molecule has 1 atom stereocenters. The number of carbonyl (C=O) groups is 2. The van der Waals surface area contributed by atoms with Crippen molar-refractivity contribution >= 4 is 23.2 Å². The number of ether oxygens (including phenoxy) is 2. The Balaban J connectivity index is 2.01. The molecule has 7 nitrogen and oxygen atoms in total. The molecule has 0 aliphatic carbocycles. The van der Waals surface area contributed by atoms with Gasteiger partial charge in [0.25, 0.3) is 5.91 Å². The summed E-state index contributed by atoms with van der Waals surface area (Å²) in [6.07, 6.45) is 0. The van der Waals surface area contributed by atoms with Crippen molar-refractivity contribution in [3.05, 3.63) is 89.5 Å². The van der Waals surface area contributed by atoms with Crippen LogP contribution in [0, 0.1) is 0 Å². The molecule has 0 aliphatic heterocycles. The summed E-state index contributed by atoms with van der Waals surface area (Å²) >= 11 is 0. The molecule has 0 saturated carbocycles. The van der Waals surface area contributed by atoms with Gasteiger partial charge in [0, 0.05) is 44.7 Å². The minimum Gasteiger partial charge on any atom is -0.497 e. The fraction of sp³-hybridized carbons (Fsp3) is 0.286. The van der Waals surface area contributed by atoms with E-state index >= 15 is 0 Å². The molecule has 0 saturated heterocycles. The van der Waals surface area contributed by atoms with Crippen LogP contribution in [0.4, 0.5) is 11.4 Å². The highest BCUT2D eigenvalue weighted by Gasteiger charge is 2.25. The van der Waals surface area contributed by atoms with Gasteiger partial charge < -0.3 is 24.6 Å². The van der Waals surface area contributed by atoms with Crippen molar-refractivity contribution in [3.63, 3.8) is 0 Å².